The number of hydrogen-bond acceptors (Lipinski definition) is 7. The SMILES string of the molecule is COC(=O)c1sccc1CSc1nnc(Cc2ccccc2)o1. The standard InChI is InChI=1S/C16H14N2O3S2/c1-20-15(19)14-12(7-8-22-14)10-23-16-18-17-13(21-16)9-11-5-3-2-4-6-11/h2-8H,9-10H2,1H3. The van der Waals surface area contributed by atoms with Crippen LogP contribution in [-0.2, 0) is 16.9 Å². The summed E-state index contributed by atoms with van der Waals surface area (Å²) in [6, 6.07) is 11.9. The van der Waals surface area contributed by atoms with Crippen molar-refractivity contribution >= 4 is 29.1 Å². The molecule has 0 atom stereocenters. The van der Waals surface area contributed by atoms with Crippen LogP contribution in [0.3, 0.4) is 0 Å². The lowest BCUT2D eigenvalue weighted by Crippen LogP contribution is -2.00. The zero-order chi connectivity index (χ0) is 16.1. The van der Waals surface area contributed by atoms with E-state index in [1.165, 1.54) is 30.2 Å². The highest BCUT2D eigenvalue weighted by molar-refractivity contribution is 7.98. The van der Waals surface area contributed by atoms with Crippen molar-refractivity contribution in [2.45, 2.75) is 17.4 Å². The minimum atomic E-state index is -0.314. The van der Waals surface area contributed by atoms with Crippen LogP contribution < -0.4 is 0 Å². The maximum atomic E-state index is 11.6. The number of esters is 1. The normalized spacial score (nSPS) is 10.7. The topological polar surface area (TPSA) is 65.2 Å². The fourth-order valence-corrected chi connectivity index (χ4v) is 3.70. The summed E-state index contributed by atoms with van der Waals surface area (Å²) in [4.78, 5) is 12.3. The number of methoxy groups -OCH3 is 1. The van der Waals surface area contributed by atoms with Crippen LogP contribution in [0.2, 0.25) is 0 Å². The number of carbonyl (C=O) groups excluding carboxylic acids is 1. The molecule has 0 aliphatic rings. The summed E-state index contributed by atoms with van der Waals surface area (Å²) < 4.78 is 10.4. The Morgan fingerprint density at radius 3 is 2.87 bits per heavy atom. The van der Waals surface area contributed by atoms with Crippen molar-refractivity contribution in [3.63, 3.8) is 0 Å². The number of hydrogen-bond donors (Lipinski definition) is 0. The van der Waals surface area contributed by atoms with Gasteiger partial charge in [-0.05, 0) is 22.6 Å². The van der Waals surface area contributed by atoms with Gasteiger partial charge in [-0.15, -0.1) is 21.5 Å². The molecule has 0 N–H and O–H groups in total. The molecule has 0 amide bonds. The highest BCUT2D eigenvalue weighted by Gasteiger charge is 2.15. The van der Waals surface area contributed by atoms with Crippen LogP contribution >= 0.6 is 23.1 Å². The molecule has 0 aliphatic carbocycles. The van der Waals surface area contributed by atoms with Crippen LogP contribution in [0.15, 0.2) is 51.4 Å². The maximum Gasteiger partial charge on any atom is 0.348 e. The smallest absolute Gasteiger partial charge is 0.348 e. The lowest BCUT2D eigenvalue weighted by atomic mass is 10.2. The molecule has 2 aromatic heterocycles. The molecule has 0 aliphatic heterocycles. The van der Waals surface area contributed by atoms with Gasteiger partial charge in [0.25, 0.3) is 5.22 Å². The predicted molar refractivity (Wildman–Crippen MR) is 88.8 cm³/mol. The van der Waals surface area contributed by atoms with Gasteiger partial charge in [-0.3, -0.25) is 0 Å². The number of thiophene rings is 1. The van der Waals surface area contributed by atoms with E-state index < -0.39 is 0 Å². The second-order valence-electron chi connectivity index (χ2n) is 4.68. The van der Waals surface area contributed by atoms with Gasteiger partial charge >= 0.3 is 5.97 Å². The average Bonchev–Trinajstić information content (AvgIpc) is 3.22. The fraction of sp³-hybridized carbons (Fsp3) is 0.188. The molecule has 3 rings (SSSR count). The molecule has 0 bridgehead atoms. The number of ether oxygens (including phenoxy) is 1. The van der Waals surface area contributed by atoms with E-state index in [0.29, 0.717) is 28.2 Å². The lowest BCUT2D eigenvalue weighted by molar-refractivity contribution is 0.0605. The first kappa shape index (κ1) is 15.8. The molecule has 5 nitrogen and oxygen atoms in total. The second kappa shape index (κ2) is 7.43. The summed E-state index contributed by atoms with van der Waals surface area (Å²) >= 11 is 2.78. The van der Waals surface area contributed by atoms with Crippen LogP contribution in [0, 0.1) is 0 Å². The highest BCUT2D eigenvalue weighted by atomic mass is 32.2. The Balaban J connectivity index is 1.62. The Labute approximate surface area is 141 Å². The molecule has 0 fully saturated rings. The third kappa shape index (κ3) is 4.00. The van der Waals surface area contributed by atoms with Gasteiger partial charge in [0.1, 0.15) is 4.88 Å². The minimum Gasteiger partial charge on any atom is -0.465 e. The second-order valence-corrected chi connectivity index (χ2v) is 6.52. The first-order chi connectivity index (χ1) is 11.3. The molecule has 3 aromatic rings. The molecule has 23 heavy (non-hydrogen) atoms. The number of rotatable bonds is 6. The largest absolute Gasteiger partial charge is 0.465 e. The summed E-state index contributed by atoms with van der Waals surface area (Å²) in [5, 5.41) is 10.5. The van der Waals surface area contributed by atoms with Crippen LogP contribution in [0.5, 0.6) is 0 Å². The van der Waals surface area contributed by atoms with Gasteiger partial charge in [0.05, 0.1) is 13.5 Å². The molecule has 1 aromatic carbocycles. The van der Waals surface area contributed by atoms with E-state index in [1.807, 2.05) is 41.8 Å². The summed E-state index contributed by atoms with van der Waals surface area (Å²) in [5.74, 6) is 0.851. The van der Waals surface area contributed by atoms with E-state index in [-0.39, 0.29) is 5.97 Å². The van der Waals surface area contributed by atoms with Crippen LogP contribution in [0.1, 0.15) is 26.7 Å². The van der Waals surface area contributed by atoms with Crippen LogP contribution in [-0.4, -0.2) is 23.3 Å². The molecule has 118 valence electrons. The molecule has 0 saturated heterocycles. The number of aromatic nitrogens is 2. The third-order valence-corrected chi connectivity index (χ3v) is 4.92. The summed E-state index contributed by atoms with van der Waals surface area (Å²) in [6.07, 6.45) is 0.611. The first-order valence-corrected chi connectivity index (χ1v) is 8.76. The summed E-state index contributed by atoms with van der Waals surface area (Å²) in [6.45, 7) is 0. The maximum absolute atomic E-state index is 11.6. The molecule has 0 spiro atoms. The molecular weight excluding hydrogens is 332 g/mol. The monoisotopic (exact) mass is 346 g/mol. The Morgan fingerprint density at radius 2 is 2.09 bits per heavy atom. The van der Waals surface area contributed by atoms with Gasteiger partial charge < -0.3 is 9.15 Å². The van der Waals surface area contributed by atoms with Crippen molar-refractivity contribution in [2.24, 2.45) is 0 Å². The zero-order valence-electron chi connectivity index (χ0n) is 12.4. The van der Waals surface area contributed by atoms with E-state index >= 15 is 0 Å². The Hall–Kier alpha value is -2.12. The van der Waals surface area contributed by atoms with E-state index in [9.17, 15) is 4.79 Å². The fourth-order valence-electron chi connectivity index (χ4n) is 2.00. The number of nitrogens with zero attached hydrogens (tertiary/aromatic N) is 2. The molecular formula is C16H14N2O3S2. The minimum absolute atomic E-state index is 0.314. The third-order valence-electron chi connectivity index (χ3n) is 3.12. The van der Waals surface area contributed by atoms with Crippen molar-refractivity contribution in [1.82, 2.24) is 10.2 Å². The Bertz CT molecular complexity index is 783. The van der Waals surface area contributed by atoms with Gasteiger partial charge in [0, 0.05) is 5.75 Å². The van der Waals surface area contributed by atoms with Gasteiger partial charge in [0.2, 0.25) is 5.89 Å². The van der Waals surface area contributed by atoms with E-state index in [1.54, 1.807) is 0 Å². The van der Waals surface area contributed by atoms with Crippen molar-refractivity contribution in [2.75, 3.05) is 7.11 Å². The number of thioether (sulfide) groups is 1. The predicted octanol–water partition coefficient (Wildman–Crippen LogP) is 3.80. The molecule has 7 heteroatoms. The molecule has 0 radical (unpaired) electrons. The van der Waals surface area contributed by atoms with Crippen molar-refractivity contribution in [3.8, 4) is 0 Å². The highest BCUT2D eigenvalue weighted by Crippen LogP contribution is 2.27. The van der Waals surface area contributed by atoms with Crippen molar-refractivity contribution in [3.05, 3.63) is 63.7 Å². The van der Waals surface area contributed by atoms with E-state index in [0.717, 1.165) is 11.1 Å². The summed E-state index contributed by atoms with van der Waals surface area (Å²) in [7, 11) is 1.38. The van der Waals surface area contributed by atoms with Crippen LogP contribution in [0.25, 0.3) is 0 Å². The van der Waals surface area contributed by atoms with Gasteiger partial charge in [-0.25, -0.2) is 4.79 Å². The Morgan fingerprint density at radius 1 is 1.26 bits per heavy atom. The zero-order valence-corrected chi connectivity index (χ0v) is 14.0. The van der Waals surface area contributed by atoms with Gasteiger partial charge in [-0.2, -0.15) is 0 Å². The van der Waals surface area contributed by atoms with Gasteiger partial charge in [-0.1, -0.05) is 42.1 Å². The number of benzene rings is 1. The van der Waals surface area contributed by atoms with Crippen LogP contribution in [0.4, 0.5) is 0 Å². The van der Waals surface area contributed by atoms with Gasteiger partial charge in [0.15, 0.2) is 0 Å². The average molecular weight is 346 g/mol. The Kier molecular flexibility index (Phi) is 5.09. The first-order valence-electron chi connectivity index (χ1n) is 6.90. The van der Waals surface area contributed by atoms with E-state index in [4.69, 9.17) is 9.15 Å². The number of carbonyl (C=O) groups is 1. The van der Waals surface area contributed by atoms with E-state index in [2.05, 4.69) is 10.2 Å². The van der Waals surface area contributed by atoms with Crippen molar-refractivity contribution in [1.29, 1.82) is 0 Å². The quantitative estimate of drug-likeness (QED) is 0.500. The summed E-state index contributed by atoms with van der Waals surface area (Å²) in [5.41, 5.74) is 2.04. The van der Waals surface area contributed by atoms with Crippen molar-refractivity contribution < 1.29 is 13.9 Å². The lowest BCUT2D eigenvalue weighted by Gasteiger charge is -2.00. The molecule has 0 unspecified atom stereocenters. The molecule has 2 heterocycles. The molecule has 0 saturated carbocycles.